The third-order valence-corrected chi connectivity index (χ3v) is 9.38. The number of primary amides is 1. The van der Waals surface area contributed by atoms with Crippen LogP contribution in [-0.4, -0.2) is 90.2 Å². The van der Waals surface area contributed by atoms with Crippen molar-refractivity contribution in [3.63, 3.8) is 0 Å². The molecule has 3 rings (SSSR count). The first-order chi connectivity index (χ1) is 22.4. The van der Waals surface area contributed by atoms with E-state index in [0.717, 1.165) is 16.3 Å². The smallest absolute Gasteiger partial charge is 0.244 e. The second-order valence-corrected chi connectivity index (χ2v) is 13.2. The molecule has 4 atom stereocenters. The molecule has 47 heavy (non-hydrogen) atoms. The van der Waals surface area contributed by atoms with Crippen molar-refractivity contribution in [1.82, 2.24) is 21.3 Å². The normalized spacial score (nSPS) is 20.9. The summed E-state index contributed by atoms with van der Waals surface area (Å²) in [5.74, 6) is -3.33. The summed E-state index contributed by atoms with van der Waals surface area (Å²) in [4.78, 5) is 73.5. The Morgan fingerprint density at radius 2 is 1.43 bits per heavy atom. The van der Waals surface area contributed by atoms with Gasteiger partial charge in [-0.15, -0.1) is 0 Å². The summed E-state index contributed by atoms with van der Waals surface area (Å²) in [5, 5.41) is 12.7. The lowest BCUT2D eigenvalue weighted by molar-refractivity contribution is -0.134. The number of nitrogens with two attached hydrogens (primary N) is 5. The maximum Gasteiger partial charge on any atom is 0.244 e. The van der Waals surface area contributed by atoms with Crippen molar-refractivity contribution in [1.29, 1.82) is 0 Å². The van der Waals surface area contributed by atoms with Gasteiger partial charge in [0.1, 0.15) is 24.2 Å². The van der Waals surface area contributed by atoms with E-state index in [1.54, 1.807) is 0 Å². The third kappa shape index (κ3) is 12.5. The number of hydrogen-bond acceptors (Lipinski definition) is 9. The Bertz CT molecular complexity index is 1500. The van der Waals surface area contributed by atoms with Gasteiger partial charge in [-0.2, -0.15) is 0 Å². The Morgan fingerprint density at radius 1 is 0.787 bits per heavy atom. The van der Waals surface area contributed by atoms with Crippen LogP contribution in [0.2, 0.25) is 0 Å². The lowest BCUT2D eigenvalue weighted by Crippen LogP contribution is -2.59. The van der Waals surface area contributed by atoms with E-state index in [0.29, 0.717) is 6.42 Å². The number of nitrogens with zero attached hydrogens (tertiary/aromatic N) is 2. The molecule has 0 aromatic heterocycles. The van der Waals surface area contributed by atoms with E-state index < -0.39 is 53.7 Å². The fraction of sp³-hybridized carbons (Fsp3) is 0.414. The van der Waals surface area contributed by atoms with Crippen LogP contribution in [0, 0.1) is 0 Å². The molecule has 5 amide bonds. The molecule has 2 aromatic carbocycles. The number of benzene rings is 2. The molecule has 2 aromatic rings. The van der Waals surface area contributed by atoms with Crippen molar-refractivity contribution in [2.45, 2.75) is 49.9 Å². The molecule has 1 fully saturated rings. The molecule has 1 aliphatic heterocycles. The third-order valence-electron chi connectivity index (χ3n) is 6.96. The number of carbonyl (C=O) groups excluding carboxylic acids is 5. The second-order valence-electron chi connectivity index (χ2n) is 10.7. The summed E-state index contributed by atoms with van der Waals surface area (Å²) in [6, 6.07) is 8.97. The largest absolute Gasteiger partial charge is 0.370 e. The van der Waals surface area contributed by atoms with Crippen LogP contribution in [0.3, 0.4) is 0 Å². The predicted molar refractivity (Wildman–Crippen MR) is 185 cm³/mol. The molecule has 1 heterocycles. The average Bonchev–Trinajstić information content (AvgIpc) is 3.01. The van der Waals surface area contributed by atoms with Gasteiger partial charge >= 0.3 is 0 Å². The highest BCUT2D eigenvalue weighted by Crippen LogP contribution is 2.24. The molecule has 0 radical (unpaired) electrons. The van der Waals surface area contributed by atoms with Crippen molar-refractivity contribution in [3.8, 4) is 0 Å². The van der Waals surface area contributed by atoms with E-state index in [1.165, 1.54) is 21.6 Å². The summed E-state index contributed by atoms with van der Waals surface area (Å²) in [6.07, 6.45) is 0.407. The van der Waals surface area contributed by atoms with Crippen molar-refractivity contribution >= 4 is 73.8 Å². The van der Waals surface area contributed by atoms with Crippen LogP contribution < -0.4 is 49.9 Å². The number of nitrogens with one attached hydrogen (secondary N) is 4. The second kappa shape index (κ2) is 18.4. The van der Waals surface area contributed by atoms with Gasteiger partial charge < -0.3 is 49.9 Å². The van der Waals surface area contributed by atoms with Crippen molar-refractivity contribution < 1.29 is 24.0 Å². The molecule has 0 aliphatic carbocycles. The summed E-state index contributed by atoms with van der Waals surface area (Å²) in [6.45, 7) is 0.194. The van der Waals surface area contributed by atoms with E-state index >= 15 is 0 Å². The van der Waals surface area contributed by atoms with Gasteiger partial charge in [-0.05, 0) is 29.2 Å². The fourth-order valence-electron chi connectivity index (χ4n) is 4.56. The van der Waals surface area contributed by atoms with E-state index in [2.05, 4.69) is 31.3 Å². The van der Waals surface area contributed by atoms with E-state index in [4.69, 9.17) is 28.7 Å². The van der Waals surface area contributed by atoms with Crippen molar-refractivity contribution in [2.24, 2.45) is 38.7 Å². The van der Waals surface area contributed by atoms with Gasteiger partial charge in [-0.3, -0.25) is 34.0 Å². The van der Waals surface area contributed by atoms with Gasteiger partial charge in [0.25, 0.3) is 0 Å². The van der Waals surface area contributed by atoms with Crippen molar-refractivity contribution in [3.05, 3.63) is 48.0 Å². The molecular formula is C29H41N11O5S2. The van der Waals surface area contributed by atoms with Gasteiger partial charge in [0, 0.05) is 30.9 Å². The molecule has 0 spiro atoms. The van der Waals surface area contributed by atoms with Crippen molar-refractivity contribution in [2.75, 3.05) is 24.6 Å². The zero-order chi connectivity index (χ0) is 34.3. The zero-order valence-corrected chi connectivity index (χ0v) is 27.3. The number of hydrogen-bond donors (Lipinski definition) is 9. The number of rotatable bonds is 11. The van der Waals surface area contributed by atoms with Gasteiger partial charge in [0.2, 0.25) is 29.5 Å². The van der Waals surface area contributed by atoms with Crippen LogP contribution in [0.5, 0.6) is 0 Å². The molecule has 18 heteroatoms. The van der Waals surface area contributed by atoms with E-state index in [9.17, 15) is 24.0 Å². The van der Waals surface area contributed by atoms with Gasteiger partial charge in [0.15, 0.2) is 11.9 Å². The Morgan fingerprint density at radius 3 is 2.13 bits per heavy atom. The summed E-state index contributed by atoms with van der Waals surface area (Å²) in [5.41, 5.74) is 27.9. The predicted octanol–water partition coefficient (Wildman–Crippen LogP) is -2.08. The summed E-state index contributed by atoms with van der Waals surface area (Å²) in [7, 11) is 2.37. The van der Waals surface area contributed by atoms with Gasteiger partial charge in [0.05, 0.1) is 6.54 Å². The molecule has 0 unspecified atom stereocenters. The first-order valence-electron chi connectivity index (χ1n) is 14.8. The first kappa shape index (κ1) is 36.8. The highest BCUT2D eigenvalue weighted by Gasteiger charge is 2.32. The van der Waals surface area contributed by atoms with Crippen LogP contribution in [0.4, 0.5) is 0 Å². The van der Waals surface area contributed by atoms with E-state index in [1.807, 2.05) is 42.5 Å². The number of fused-ring (bicyclic) bond motifs is 1. The molecule has 0 bridgehead atoms. The SMILES string of the molecule is NC(=O)[C@H]1CSSC[C@@H](NC(=O)CCN=C(N)N)C(=O)N[C@H](CCCN=C(N)N)C(=O)N[C@H](Cc2ccc3ccccc3c2)C(=O)N1. The minimum atomic E-state index is -1.13. The number of carbonyl (C=O) groups is 5. The molecular weight excluding hydrogens is 647 g/mol. The fourth-order valence-corrected chi connectivity index (χ4v) is 6.90. The van der Waals surface area contributed by atoms with Gasteiger partial charge in [-0.1, -0.05) is 64.1 Å². The van der Waals surface area contributed by atoms with Crippen LogP contribution in [0.15, 0.2) is 52.4 Å². The minimum absolute atomic E-state index is 0.0127. The number of guanidine groups is 2. The molecule has 1 saturated heterocycles. The van der Waals surface area contributed by atoms with Crippen LogP contribution in [-0.2, 0) is 30.4 Å². The number of amides is 5. The Balaban J connectivity index is 1.90. The quantitative estimate of drug-likeness (QED) is 0.0535. The lowest BCUT2D eigenvalue weighted by atomic mass is 10.00. The van der Waals surface area contributed by atoms with Crippen LogP contribution >= 0.6 is 21.6 Å². The molecule has 0 saturated carbocycles. The van der Waals surface area contributed by atoms with Gasteiger partial charge in [-0.25, -0.2) is 0 Å². The Hall–Kier alpha value is -4.71. The number of aliphatic imine (C=N–C) groups is 2. The zero-order valence-electron chi connectivity index (χ0n) is 25.6. The molecule has 14 N–H and O–H groups in total. The molecule has 254 valence electrons. The lowest BCUT2D eigenvalue weighted by Gasteiger charge is -2.27. The first-order valence-corrected chi connectivity index (χ1v) is 17.2. The average molecular weight is 688 g/mol. The standard InChI is InChI=1S/C29H41N11O5S2/c30-24(42)21-14-46-47-15-22(37-23(41)9-11-36-29(33)34)27(45)38-19(6-3-10-35-28(31)32)25(43)39-20(26(44)40-21)13-16-7-8-17-4-1-2-5-18(17)12-16/h1-2,4-5,7-8,12,19-22H,3,6,9-11,13-15H2,(H2,30,42)(H,37,41)(H,38,45)(H,39,43)(H,40,44)(H4,31,32,35)(H4,33,34,36)/t19-,20-,21-,22-/m1/s1. The monoisotopic (exact) mass is 687 g/mol. The molecule has 1 aliphatic rings. The topological polar surface area (TPSA) is 288 Å². The van der Waals surface area contributed by atoms with Crippen LogP contribution in [0.25, 0.3) is 10.8 Å². The Kier molecular flexibility index (Phi) is 14.4. The Labute approximate surface area is 279 Å². The maximum absolute atomic E-state index is 13.7. The molecule has 16 nitrogen and oxygen atoms in total. The maximum atomic E-state index is 13.7. The summed E-state index contributed by atoms with van der Waals surface area (Å²) < 4.78 is 0. The highest BCUT2D eigenvalue weighted by molar-refractivity contribution is 8.76. The summed E-state index contributed by atoms with van der Waals surface area (Å²) >= 11 is 0. The van der Waals surface area contributed by atoms with Crippen LogP contribution in [0.1, 0.15) is 24.8 Å². The van der Waals surface area contributed by atoms with E-state index in [-0.39, 0.29) is 55.8 Å². The highest BCUT2D eigenvalue weighted by atomic mass is 33.1. The minimum Gasteiger partial charge on any atom is -0.370 e.